The van der Waals surface area contributed by atoms with Crippen LogP contribution < -0.4 is 5.32 Å². The van der Waals surface area contributed by atoms with Crippen molar-refractivity contribution in [2.45, 2.75) is 18.8 Å². The van der Waals surface area contributed by atoms with E-state index in [1.807, 2.05) is 31.2 Å². The summed E-state index contributed by atoms with van der Waals surface area (Å²) in [7, 11) is 0. The number of carbonyl (C=O) groups is 1. The lowest BCUT2D eigenvalue weighted by molar-refractivity contribution is -0.133. The lowest BCUT2D eigenvalue weighted by Gasteiger charge is -2.41. The largest absolute Gasteiger partial charge is 0.354 e. The van der Waals surface area contributed by atoms with Crippen LogP contribution in [0.5, 0.6) is 0 Å². The fraction of sp³-hybridized carbons (Fsp3) is 0.364. The van der Waals surface area contributed by atoms with E-state index in [-0.39, 0.29) is 11.3 Å². The monoisotopic (exact) mass is 209 g/mol. The third kappa shape index (κ3) is 1.14. The molecule has 14 heavy (non-hydrogen) atoms. The molecule has 2 nitrogen and oxygen atoms in total. The summed E-state index contributed by atoms with van der Waals surface area (Å²) >= 11 is 6.09. The molecule has 3 heteroatoms. The molecule has 1 fully saturated rings. The maximum Gasteiger partial charge on any atom is 0.232 e. The minimum absolute atomic E-state index is 0.0908. The Hall–Kier alpha value is -1.02. The molecule has 1 heterocycles. The second kappa shape index (κ2) is 3.28. The molecule has 74 valence electrons. The summed E-state index contributed by atoms with van der Waals surface area (Å²) < 4.78 is 0. The summed E-state index contributed by atoms with van der Waals surface area (Å²) in [4.78, 5) is 11.6. The molecule has 0 radical (unpaired) electrons. The smallest absolute Gasteiger partial charge is 0.232 e. The Balaban J connectivity index is 2.47. The summed E-state index contributed by atoms with van der Waals surface area (Å²) in [5.41, 5.74) is 0.575. The molecule has 2 rings (SSSR count). The molecule has 1 amide bonds. The first-order valence-electron chi connectivity index (χ1n) is 4.74. The van der Waals surface area contributed by atoms with Gasteiger partial charge in [-0.1, -0.05) is 36.7 Å². The Morgan fingerprint density at radius 1 is 1.50 bits per heavy atom. The van der Waals surface area contributed by atoms with Crippen molar-refractivity contribution >= 4 is 17.5 Å². The van der Waals surface area contributed by atoms with Crippen molar-refractivity contribution in [2.75, 3.05) is 6.54 Å². The van der Waals surface area contributed by atoms with Gasteiger partial charge in [-0.25, -0.2) is 0 Å². The van der Waals surface area contributed by atoms with Gasteiger partial charge in [-0.2, -0.15) is 0 Å². The predicted molar refractivity (Wildman–Crippen MR) is 56.4 cm³/mol. The summed E-state index contributed by atoms with van der Waals surface area (Å²) in [5.74, 6) is 0.0908. The van der Waals surface area contributed by atoms with Crippen LogP contribution in [0.3, 0.4) is 0 Å². The molecule has 0 spiro atoms. The van der Waals surface area contributed by atoms with Crippen LogP contribution in [0.4, 0.5) is 0 Å². The number of β-lactam (4-membered cyclic amide) rings is 1. The van der Waals surface area contributed by atoms with E-state index < -0.39 is 0 Å². The first kappa shape index (κ1) is 9.53. The van der Waals surface area contributed by atoms with Crippen LogP contribution in [0.1, 0.15) is 18.9 Å². The highest BCUT2D eigenvalue weighted by Crippen LogP contribution is 2.37. The van der Waals surface area contributed by atoms with Crippen molar-refractivity contribution in [3.63, 3.8) is 0 Å². The topological polar surface area (TPSA) is 29.1 Å². The van der Waals surface area contributed by atoms with Crippen LogP contribution in [0, 0.1) is 0 Å². The SMILES string of the molecule is CCC1(c2ccccc2Cl)CNC1=O. The van der Waals surface area contributed by atoms with E-state index in [1.54, 1.807) is 0 Å². The molecule has 1 unspecified atom stereocenters. The first-order valence-corrected chi connectivity index (χ1v) is 5.12. The average Bonchev–Trinajstić information content (AvgIpc) is 2.20. The Morgan fingerprint density at radius 2 is 2.21 bits per heavy atom. The predicted octanol–water partition coefficient (Wildman–Crippen LogP) is 2.12. The molecule has 1 aromatic rings. The Labute approximate surface area is 88.3 Å². The lowest BCUT2D eigenvalue weighted by Crippen LogP contribution is -2.61. The van der Waals surface area contributed by atoms with Gasteiger partial charge < -0.3 is 5.32 Å². The normalized spacial score (nSPS) is 25.4. The van der Waals surface area contributed by atoms with Gasteiger partial charge in [0.25, 0.3) is 0 Å². The van der Waals surface area contributed by atoms with Crippen molar-refractivity contribution in [1.82, 2.24) is 5.32 Å². The number of hydrogen-bond acceptors (Lipinski definition) is 1. The minimum atomic E-state index is -0.377. The summed E-state index contributed by atoms with van der Waals surface area (Å²) in [6.45, 7) is 2.72. The quantitative estimate of drug-likeness (QED) is 0.743. The van der Waals surface area contributed by atoms with Gasteiger partial charge >= 0.3 is 0 Å². The highest BCUT2D eigenvalue weighted by molar-refractivity contribution is 6.31. The van der Waals surface area contributed by atoms with E-state index in [0.717, 1.165) is 12.0 Å². The fourth-order valence-electron chi connectivity index (χ4n) is 1.92. The molecule has 0 aromatic heterocycles. The van der Waals surface area contributed by atoms with E-state index in [9.17, 15) is 4.79 Å². The summed E-state index contributed by atoms with van der Waals surface area (Å²) in [6, 6.07) is 7.57. The standard InChI is InChI=1S/C11H12ClNO/c1-2-11(7-13-10(11)14)8-5-3-4-6-9(8)12/h3-6H,2,7H2,1H3,(H,13,14). The van der Waals surface area contributed by atoms with Gasteiger partial charge in [-0.3, -0.25) is 4.79 Å². The Kier molecular flexibility index (Phi) is 2.23. The lowest BCUT2D eigenvalue weighted by atomic mass is 9.72. The average molecular weight is 210 g/mol. The molecule has 1 saturated heterocycles. The minimum Gasteiger partial charge on any atom is -0.354 e. The van der Waals surface area contributed by atoms with Gasteiger partial charge in [0.2, 0.25) is 5.91 Å². The number of benzene rings is 1. The number of carbonyl (C=O) groups excluding carboxylic acids is 1. The molecule has 0 aliphatic carbocycles. The molecule has 1 aliphatic heterocycles. The number of hydrogen-bond donors (Lipinski definition) is 1. The van der Waals surface area contributed by atoms with Gasteiger partial charge in [0, 0.05) is 11.6 Å². The van der Waals surface area contributed by atoms with E-state index in [1.165, 1.54) is 0 Å². The Bertz CT molecular complexity index is 373. The van der Waals surface area contributed by atoms with Crippen LogP contribution in [0.2, 0.25) is 5.02 Å². The Morgan fingerprint density at radius 3 is 2.64 bits per heavy atom. The molecule has 0 bridgehead atoms. The second-order valence-electron chi connectivity index (χ2n) is 3.60. The first-order chi connectivity index (χ1) is 6.70. The van der Waals surface area contributed by atoms with E-state index in [4.69, 9.17) is 11.6 Å². The molecule has 1 atom stereocenters. The van der Waals surface area contributed by atoms with Gasteiger partial charge in [-0.15, -0.1) is 0 Å². The van der Waals surface area contributed by atoms with E-state index in [2.05, 4.69) is 5.32 Å². The van der Waals surface area contributed by atoms with E-state index in [0.29, 0.717) is 11.6 Å². The summed E-state index contributed by atoms with van der Waals surface area (Å²) in [5, 5.41) is 3.46. The molecular weight excluding hydrogens is 198 g/mol. The zero-order valence-electron chi connectivity index (χ0n) is 8.01. The van der Waals surface area contributed by atoms with Gasteiger partial charge in [0.1, 0.15) is 0 Å². The number of amides is 1. The van der Waals surface area contributed by atoms with Crippen LogP contribution in [0.15, 0.2) is 24.3 Å². The zero-order chi connectivity index (χ0) is 10.2. The fourth-order valence-corrected chi connectivity index (χ4v) is 2.23. The van der Waals surface area contributed by atoms with Gasteiger partial charge in [-0.05, 0) is 18.1 Å². The molecule has 1 aliphatic rings. The summed E-state index contributed by atoms with van der Waals surface area (Å²) in [6.07, 6.45) is 0.794. The molecular formula is C11H12ClNO. The van der Waals surface area contributed by atoms with Crippen LogP contribution in [-0.2, 0) is 10.2 Å². The van der Waals surface area contributed by atoms with Gasteiger partial charge in [0.05, 0.1) is 5.41 Å². The van der Waals surface area contributed by atoms with Crippen molar-refractivity contribution < 1.29 is 4.79 Å². The van der Waals surface area contributed by atoms with Crippen molar-refractivity contribution in [1.29, 1.82) is 0 Å². The van der Waals surface area contributed by atoms with E-state index >= 15 is 0 Å². The second-order valence-corrected chi connectivity index (χ2v) is 4.01. The molecule has 1 aromatic carbocycles. The highest BCUT2D eigenvalue weighted by Gasteiger charge is 2.47. The molecule has 0 saturated carbocycles. The highest BCUT2D eigenvalue weighted by atomic mass is 35.5. The van der Waals surface area contributed by atoms with Crippen molar-refractivity contribution in [3.05, 3.63) is 34.9 Å². The van der Waals surface area contributed by atoms with Gasteiger partial charge in [0.15, 0.2) is 0 Å². The van der Waals surface area contributed by atoms with Crippen LogP contribution in [0.25, 0.3) is 0 Å². The van der Waals surface area contributed by atoms with Crippen molar-refractivity contribution in [2.24, 2.45) is 0 Å². The maximum absolute atomic E-state index is 11.6. The molecule has 1 N–H and O–H groups in total. The number of halogens is 1. The number of nitrogens with one attached hydrogen (secondary N) is 1. The van der Waals surface area contributed by atoms with Crippen molar-refractivity contribution in [3.8, 4) is 0 Å². The zero-order valence-corrected chi connectivity index (χ0v) is 8.77. The van der Waals surface area contributed by atoms with Crippen LogP contribution in [-0.4, -0.2) is 12.5 Å². The third-order valence-corrected chi connectivity index (χ3v) is 3.31. The third-order valence-electron chi connectivity index (χ3n) is 2.98. The van der Waals surface area contributed by atoms with Crippen LogP contribution >= 0.6 is 11.6 Å². The maximum atomic E-state index is 11.6. The number of rotatable bonds is 2.